The summed E-state index contributed by atoms with van der Waals surface area (Å²) in [4.78, 5) is 11.2. The molecule has 0 aromatic carbocycles. The second-order valence-electron chi connectivity index (χ2n) is 4.02. The van der Waals surface area contributed by atoms with Crippen LogP contribution in [0.25, 0.3) is 0 Å². The molecule has 11 heavy (non-hydrogen) atoms. The highest BCUT2D eigenvalue weighted by Gasteiger charge is 2.14. The van der Waals surface area contributed by atoms with Crippen LogP contribution in [-0.2, 0) is 4.79 Å². The molecule has 0 bridgehead atoms. The Kier molecular flexibility index (Phi) is 4.16. The number of hydrogen-bond acceptors (Lipinski definition) is 2. The highest BCUT2D eigenvalue weighted by atomic mass is 32.2. The third-order valence-corrected chi connectivity index (χ3v) is 2.59. The van der Waals surface area contributed by atoms with Gasteiger partial charge in [0.2, 0.25) is 0 Å². The lowest BCUT2D eigenvalue weighted by atomic mass is 10.1. The number of Topliss-reactive ketones (excluding diaryl/α,β-unsaturated/α-hetero) is 1. The van der Waals surface area contributed by atoms with Crippen molar-refractivity contribution >= 4 is 17.5 Å². The molecule has 0 aromatic heterocycles. The maximum Gasteiger partial charge on any atom is 0.145 e. The Hall–Kier alpha value is 0.0200. The van der Waals surface area contributed by atoms with Crippen LogP contribution in [0.15, 0.2) is 0 Å². The van der Waals surface area contributed by atoms with Gasteiger partial charge in [-0.3, -0.25) is 4.79 Å². The van der Waals surface area contributed by atoms with E-state index in [1.165, 1.54) is 0 Å². The van der Waals surface area contributed by atoms with Crippen LogP contribution in [0.5, 0.6) is 0 Å². The summed E-state index contributed by atoms with van der Waals surface area (Å²) in [5, 5.41) is 0. The van der Waals surface area contributed by atoms with Crippen LogP contribution in [0.2, 0.25) is 0 Å². The van der Waals surface area contributed by atoms with E-state index < -0.39 is 0 Å². The van der Waals surface area contributed by atoms with Crippen molar-refractivity contribution in [3.8, 4) is 0 Å². The van der Waals surface area contributed by atoms with E-state index in [9.17, 15) is 4.79 Å². The summed E-state index contributed by atoms with van der Waals surface area (Å²) in [6.07, 6.45) is 0. The third kappa shape index (κ3) is 6.42. The molecule has 0 aliphatic carbocycles. The Bertz CT molecular complexity index is 133. The Morgan fingerprint density at radius 3 is 2.09 bits per heavy atom. The van der Waals surface area contributed by atoms with Crippen molar-refractivity contribution in [3.05, 3.63) is 0 Å². The highest BCUT2D eigenvalue weighted by Crippen LogP contribution is 2.23. The van der Waals surface area contributed by atoms with Gasteiger partial charge in [0.25, 0.3) is 0 Å². The van der Waals surface area contributed by atoms with Crippen molar-refractivity contribution in [1.82, 2.24) is 0 Å². The Labute approximate surface area is 73.9 Å². The van der Waals surface area contributed by atoms with Gasteiger partial charge in [-0.05, 0) is 0 Å². The third-order valence-electron chi connectivity index (χ3n) is 1.29. The van der Waals surface area contributed by atoms with E-state index in [0.29, 0.717) is 11.5 Å². The molecule has 0 heterocycles. The first-order chi connectivity index (χ1) is 4.83. The van der Waals surface area contributed by atoms with Gasteiger partial charge in [0, 0.05) is 10.7 Å². The normalized spacial score (nSPS) is 12.2. The standard InChI is InChI=1S/C9H18OS/c1-7(2)8(10)6-11-9(3,4)5/h7H,6H2,1-5H3. The molecule has 0 spiro atoms. The molecule has 0 rings (SSSR count). The Morgan fingerprint density at radius 2 is 1.82 bits per heavy atom. The molecule has 0 aliphatic rings. The molecule has 1 nitrogen and oxygen atoms in total. The van der Waals surface area contributed by atoms with Gasteiger partial charge in [-0.25, -0.2) is 0 Å². The number of carbonyl (C=O) groups excluding carboxylic acids is 1. The number of ketones is 1. The maximum absolute atomic E-state index is 11.2. The smallest absolute Gasteiger partial charge is 0.145 e. The zero-order valence-electron chi connectivity index (χ0n) is 8.10. The van der Waals surface area contributed by atoms with Crippen molar-refractivity contribution in [3.63, 3.8) is 0 Å². The molecular weight excluding hydrogens is 156 g/mol. The van der Waals surface area contributed by atoms with Gasteiger partial charge in [0.05, 0.1) is 5.75 Å². The molecule has 0 atom stereocenters. The molecule has 66 valence electrons. The minimum absolute atomic E-state index is 0.185. The first-order valence-corrected chi connectivity index (χ1v) is 4.98. The fraction of sp³-hybridized carbons (Fsp3) is 0.889. The molecule has 0 unspecified atom stereocenters. The Balaban J connectivity index is 3.64. The topological polar surface area (TPSA) is 17.1 Å². The molecule has 0 aliphatic heterocycles. The van der Waals surface area contributed by atoms with E-state index in [4.69, 9.17) is 0 Å². The lowest BCUT2D eigenvalue weighted by molar-refractivity contribution is -0.119. The average molecular weight is 174 g/mol. The number of rotatable bonds is 3. The molecular formula is C9H18OS. The van der Waals surface area contributed by atoms with Crippen LogP contribution in [0.1, 0.15) is 34.6 Å². The lowest BCUT2D eigenvalue weighted by Gasteiger charge is -2.17. The molecule has 0 N–H and O–H groups in total. The monoisotopic (exact) mass is 174 g/mol. The summed E-state index contributed by atoms with van der Waals surface area (Å²) in [6.45, 7) is 10.3. The highest BCUT2D eigenvalue weighted by molar-refractivity contribution is 8.01. The van der Waals surface area contributed by atoms with Crippen molar-refractivity contribution in [2.75, 3.05) is 5.75 Å². The van der Waals surface area contributed by atoms with Crippen molar-refractivity contribution < 1.29 is 4.79 Å². The lowest BCUT2D eigenvalue weighted by Crippen LogP contribution is -2.16. The maximum atomic E-state index is 11.2. The molecule has 0 fully saturated rings. The molecule has 0 saturated carbocycles. The summed E-state index contributed by atoms with van der Waals surface area (Å²) in [7, 11) is 0. The summed E-state index contributed by atoms with van der Waals surface area (Å²) < 4.78 is 0.213. The second kappa shape index (κ2) is 4.15. The first-order valence-electron chi connectivity index (χ1n) is 3.99. The number of carbonyl (C=O) groups is 1. The van der Waals surface area contributed by atoms with Crippen molar-refractivity contribution in [2.24, 2.45) is 5.92 Å². The van der Waals surface area contributed by atoms with Crippen LogP contribution in [0.4, 0.5) is 0 Å². The van der Waals surface area contributed by atoms with E-state index in [2.05, 4.69) is 20.8 Å². The van der Waals surface area contributed by atoms with Crippen molar-refractivity contribution in [1.29, 1.82) is 0 Å². The zero-order valence-corrected chi connectivity index (χ0v) is 8.92. The predicted molar refractivity (Wildman–Crippen MR) is 52.1 cm³/mol. The molecule has 2 heteroatoms. The molecule has 0 radical (unpaired) electrons. The second-order valence-corrected chi connectivity index (χ2v) is 5.82. The van der Waals surface area contributed by atoms with Crippen LogP contribution in [0, 0.1) is 5.92 Å². The molecule has 0 aromatic rings. The summed E-state index contributed by atoms with van der Waals surface area (Å²) in [5.74, 6) is 1.19. The van der Waals surface area contributed by atoms with Crippen LogP contribution < -0.4 is 0 Å². The number of thioether (sulfide) groups is 1. The summed E-state index contributed by atoms with van der Waals surface area (Å²) >= 11 is 1.72. The van der Waals surface area contributed by atoms with Gasteiger partial charge < -0.3 is 0 Å². The van der Waals surface area contributed by atoms with Gasteiger partial charge in [0.1, 0.15) is 5.78 Å². The quantitative estimate of drug-likeness (QED) is 0.654. The minimum atomic E-state index is 0.185. The van der Waals surface area contributed by atoms with Crippen LogP contribution in [-0.4, -0.2) is 16.3 Å². The largest absolute Gasteiger partial charge is 0.298 e. The van der Waals surface area contributed by atoms with Gasteiger partial charge in [-0.2, -0.15) is 0 Å². The predicted octanol–water partition coefficient (Wildman–Crippen LogP) is 2.74. The summed E-state index contributed by atoms with van der Waals surface area (Å²) in [5.41, 5.74) is 0. The Morgan fingerprint density at radius 1 is 1.36 bits per heavy atom. The number of hydrogen-bond donors (Lipinski definition) is 0. The zero-order chi connectivity index (χ0) is 9.07. The van der Waals surface area contributed by atoms with E-state index in [1.54, 1.807) is 11.8 Å². The van der Waals surface area contributed by atoms with E-state index in [-0.39, 0.29) is 10.7 Å². The molecule has 0 amide bonds. The van der Waals surface area contributed by atoms with Crippen LogP contribution in [0.3, 0.4) is 0 Å². The fourth-order valence-corrected chi connectivity index (χ4v) is 1.36. The van der Waals surface area contributed by atoms with E-state index in [0.717, 1.165) is 0 Å². The van der Waals surface area contributed by atoms with Gasteiger partial charge in [0.15, 0.2) is 0 Å². The summed E-state index contributed by atoms with van der Waals surface area (Å²) in [6, 6.07) is 0. The van der Waals surface area contributed by atoms with Gasteiger partial charge in [-0.15, -0.1) is 11.8 Å². The average Bonchev–Trinajstić information content (AvgIpc) is 1.80. The van der Waals surface area contributed by atoms with E-state index in [1.807, 2.05) is 13.8 Å². The SMILES string of the molecule is CC(C)C(=O)CSC(C)(C)C. The molecule has 0 saturated heterocycles. The first kappa shape index (κ1) is 11.0. The van der Waals surface area contributed by atoms with Gasteiger partial charge >= 0.3 is 0 Å². The minimum Gasteiger partial charge on any atom is -0.298 e. The van der Waals surface area contributed by atoms with E-state index >= 15 is 0 Å². The fourth-order valence-electron chi connectivity index (χ4n) is 0.454. The van der Waals surface area contributed by atoms with Crippen molar-refractivity contribution in [2.45, 2.75) is 39.4 Å². The van der Waals surface area contributed by atoms with Gasteiger partial charge in [-0.1, -0.05) is 34.6 Å². The van der Waals surface area contributed by atoms with Crippen LogP contribution >= 0.6 is 11.8 Å².